The Morgan fingerprint density at radius 3 is 2.71 bits per heavy atom. The number of aliphatic hydroxyl groups excluding tert-OH is 1. The molecule has 78 valence electrons. The van der Waals surface area contributed by atoms with Crippen molar-refractivity contribution in [1.29, 1.82) is 0 Å². The van der Waals surface area contributed by atoms with Crippen LogP contribution in [-0.4, -0.2) is 22.6 Å². The van der Waals surface area contributed by atoms with Crippen LogP contribution in [0.1, 0.15) is 11.7 Å². The summed E-state index contributed by atoms with van der Waals surface area (Å²) in [6, 6.07) is 2.96. The van der Waals surface area contributed by atoms with Gasteiger partial charge >= 0.3 is 0 Å². The molecule has 1 aromatic rings. The number of aromatic nitrogens is 1. The van der Waals surface area contributed by atoms with Crippen LogP contribution in [0.2, 0.25) is 0 Å². The van der Waals surface area contributed by atoms with Crippen LogP contribution >= 0.6 is 15.9 Å². The van der Waals surface area contributed by atoms with Crippen LogP contribution in [0.5, 0.6) is 0 Å². The van der Waals surface area contributed by atoms with E-state index < -0.39 is 18.6 Å². The second-order valence-corrected chi connectivity index (χ2v) is 3.59. The number of aliphatic hydroxyl groups is 1. The van der Waals surface area contributed by atoms with E-state index in [-0.39, 0.29) is 5.69 Å². The molecule has 0 amide bonds. The molecule has 6 heteroatoms. The van der Waals surface area contributed by atoms with Gasteiger partial charge in [-0.3, -0.25) is 0 Å². The molecule has 0 unspecified atom stereocenters. The first kappa shape index (κ1) is 11.5. The van der Waals surface area contributed by atoms with E-state index in [1.165, 1.54) is 6.07 Å². The number of alkyl halides is 2. The molecule has 14 heavy (non-hydrogen) atoms. The summed E-state index contributed by atoms with van der Waals surface area (Å²) in [5.41, 5.74) is 5.30. The van der Waals surface area contributed by atoms with Crippen molar-refractivity contribution in [2.24, 2.45) is 5.73 Å². The normalized spacial score (nSPS) is 14.1. The smallest absolute Gasteiger partial charge is 0.291 e. The molecule has 1 rings (SSSR count). The predicted octanol–water partition coefficient (Wildman–Crippen LogP) is 1.47. The molecule has 0 bridgehead atoms. The Labute approximate surface area is 88.1 Å². The Balaban J connectivity index is 2.94. The predicted molar refractivity (Wildman–Crippen MR) is 50.9 cm³/mol. The first-order valence-corrected chi connectivity index (χ1v) is 4.63. The molecule has 3 N–H and O–H groups in total. The van der Waals surface area contributed by atoms with Crippen LogP contribution < -0.4 is 5.73 Å². The second-order valence-electron chi connectivity index (χ2n) is 2.78. The van der Waals surface area contributed by atoms with Crippen molar-refractivity contribution in [3.8, 4) is 0 Å². The van der Waals surface area contributed by atoms with Gasteiger partial charge in [0.05, 0.1) is 5.69 Å². The summed E-state index contributed by atoms with van der Waals surface area (Å²) in [6.45, 7) is -1.29. The summed E-state index contributed by atoms with van der Waals surface area (Å²) in [7, 11) is 0. The van der Waals surface area contributed by atoms with Crippen LogP contribution in [0.15, 0.2) is 22.8 Å². The Morgan fingerprint density at radius 1 is 1.57 bits per heavy atom. The maximum absolute atomic E-state index is 12.9. The summed E-state index contributed by atoms with van der Waals surface area (Å²) in [5.74, 6) is -3.35. The highest BCUT2D eigenvalue weighted by molar-refractivity contribution is 9.10. The van der Waals surface area contributed by atoms with E-state index in [2.05, 4.69) is 20.9 Å². The summed E-state index contributed by atoms with van der Waals surface area (Å²) < 4.78 is 26.3. The average molecular weight is 267 g/mol. The molecule has 1 aromatic heterocycles. The van der Waals surface area contributed by atoms with Crippen LogP contribution in [0.25, 0.3) is 0 Å². The van der Waals surface area contributed by atoms with Crippen molar-refractivity contribution >= 4 is 15.9 Å². The van der Waals surface area contributed by atoms with Gasteiger partial charge in [-0.2, -0.15) is 0 Å². The minimum atomic E-state index is -3.35. The van der Waals surface area contributed by atoms with Gasteiger partial charge in [-0.05, 0) is 28.1 Å². The quantitative estimate of drug-likeness (QED) is 0.815. The summed E-state index contributed by atoms with van der Waals surface area (Å²) >= 11 is 3.05. The third-order valence-electron chi connectivity index (χ3n) is 1.72. The van der Waals surface area contributed by atoms with Gasteiger partial charge in [-0.1, -0.05) is 6.07 Å². The van der Waals surface area contributed by atoms with Gasteiger partial charge in [0.1, 0.15) is 17.3 Å². The molecule has 0 aliphatic carbocycles. The van der Waals surface area contributed by atoms with Gasteiger partial charge in [0.25, 0.3) is 5.92 Å². The number of pyridine rings is 1. The Bertz CT molecular complexity index is 322. The molecular formula is C8H9BrF2N2O. The number of halogens is 3. The van der Waals surface area contributed by atoms with E-state index in [4.69, 9.17) is 10.8 Å². The first-order valence-electron chi connectivity index (χ1n) is 3.84. The number of hydrogen-bond acceptors (Lipinski definition) is 3. The van der Waals surface area contributed by atoms with E-state index in [9.17, 15) is 8.78 Å². The molecule has 0 saturated heterocycles. The highest BCUT2D eigenvalue weighted by Gasteiger charge is 2.38. The summed E-state index contributed by atoms with van der Waals surface area (Å²) in [5, 5.41) is 8.43. The van der Waals surface area contributed by atoms with Gasteiger partial charge in [-0.15, -0.1) is 0 Å². The van der Waals surface area contributed by atoms with Gasteiger partial charge in [-0.25, -0.2) is 13.8 Å². The van der Waals surface area contributed by atoms with E-state index in [1.807, 2.05) is 0 Å². The molecule has 1 atom stereocenters. The molecule has 0 aromatic carbocycles. The maximum Gasteiger partial charge on any atom is 0.291 e. The van der Waals surface area contributed by atoms with E-state index in [0.717, 1.165) is 0 Å². The van der Waals surface area contributed by atoms with Crippen molar-refractivity contribution in [2.45, 2.75) is 12.0 Å². The fraction of sp³-hybridized carbons (Fsp3) is 0.375. The maximum atomic E-state index is 12.9. The topological polar surface area (TPSA) is 59.1 Å². The lowest BCUT2D eigenvalue weighted by atomic mass is 10.1. The fourth-order valence-corrected chi connectivity index (χ4v) is 1.27. The summed E-state index contributed by atoms with van der Waals surface area (Å²) in [6.07, 6.45) is 0. The minimum absolute atomic E-state index is 0.0402. The highest BCUT2D eigenvalue weighted by Crippen LogP contribution is 2.27. The van der Waals surface area contributed by atoms with Crippen molar-refractivity contribution < 1.29 is 13.9 Å². The Hall–Kier alpha value is -0.590. The molecule has 0 fully saturated rings. The second kappa shape index (κ2) is 4.29. The monoisotopic (exact) mass is 266 g/mol. The highest BCUT2D eigenvalue weighted by atomic mass is 79.9. The zero-order valence-corrected chi connectivity index (χ0v) is 8.71. The first-order chi connectivity index (χ1) is 6.47. The Morgan fingerprint density at radius 2 is 2.21 bits per heavy atom. The van der Waals surface area contributed by atoms with Gasteiger partial charge in [0.2, 0.25) is 0 Å². The SMILES string of the molecule is N[C@H](c1cccc(Br)n1)C(F)(F)CO. The molecular weight excluding hydrogens is 258 g/mol. The van der Waals surface area contributed by atoms with Crippen LogP contribution in [0, 0.1) is 0 Å². The third-order valence-corrected chi connectivity index (χ3v) is 2.16. The standard InChI is InChI=1S/C8H9BrF2N2O/c9-6-3-1-2-5(13-6)7(12)8(10,11)4-14/h1-3,7,14H,4,12H2/t7-/m1/s1. The lowest BCUT2D eigenvalue weighted by Gasteiger charge is -2.20. The van der Waals surface area contributed by atoms with Gasteiger partial charge in [0.15, 0.2) is 0 Å². The molecule has 3 nitrogen and oxygen atoms in total. The van der Waals surface area contributed by atoms with Crippen LogP contribution in [-0.2, 0) is 0 Å². The lowest BCUT2D eigenvalue weighted by Crippen LogP contribution is -2.36. The third kappa shape index (κ3) is 2.46. The van der Waals surface area contributed by atoms with Crippen LogP contribution in [0.4, 0.5) is 8.78 Å². The Kier molecular flexibility index (Phi) is 3.52. The zero-order valence-electron chi connectivity index (χ0n) is 7.12. The van der Waals surface area contributed by atoms with E-state index >= 15 is 0 Å². The molecule has 0 spiro atoms. The van der Waals surface area contributed by atoms with E-state index in [0.29, 0.717) is 4.60 Å². The number of nitrogens with zero attached hydrogens (tertiary/aromatic N) is 1. The molecule has 0 aliphatic rings. The number of rotatable bonds is 3. The molecule has 0 saturated carbocycles. The van der Waals surface area contributed by atoms with Crippen molar-refractivity contribution in [1.82, 2.24) is 4.98 Å². The van der Waals surface area contributed by atoms with Crippen molar-refractivity contribution in [2.75, 3.05) is 6.61 Å². The van der Waals surface area contributed by atoms with Gasteiger partial charge in [0, 0.05) is 0 Å². The molecule has 0 aliphatic heterocycles. The molecule has 0 radical (unpaired) electrons. The van der Waals surface area contributed by atoms with Crippen LogP contribution in [0.3, 0.4) is 0 Å². The largest absolute Gasteiger partial charge is 0.390 e. The number of hydrogen-bond donors (Lipinski definition) is 2. The lowest BCUT2D eigenvalue weighted by molar-refractivity contribution is -0.0721. The summed E-state index contributed by atoms with van der Waals surface area (Å²) in [4.78, 5) is 3.79. The van der Waals surface area contributed by atoms with Gasteiger partial charge < -0.3 is 10.8 Å². The zero-order chi connectivity index (χ0) is 10.8. The van der Waals surface area contributed by atoms with Crippen molar-refractivity contribution in [3.05, 3.63) is 28.5 Å². The van der Waals surface area contributed by atoms with Crippen molar-refractivity contribution in [3.63, 3.8) is 0 Å². The molecule has 1 heterocycles. The fourth-order valence-electron chi connectivity index (χ4n) is 0.912. The minimum Gasteiger partial charge on any atom is -0.390 e. The average Bonchev–Trinajstić information content (AvgIpc) is 2.16. The van der Waals surface area contributed by atoms with E-state index in [1.54, 1.807) is 12.1 Å². The number of nitrogens with two attached hydrogens (primary N) is 1.